The van der Waals surface area contributed by atoms with Crippen LogP contribution in [0.4, 0.5) is 4.79 Å². The Balaban J connectivity index is 3.27. The number of hydrogen-bond donors (Lipinski definition) is 2. The number of ether oxygens (including phenoxy) is 2. The van der Waals surface area contributed by atoms with Gasteiger partial charge >= 0.3 is 12.1 Å². The first kappa shape index (κ1) is 30.7. The fourth-order valence-corrected chi connectivity index (χ4v) is 3.44. The molecule has 200 valence electrons. The van der Waals surface area contributed by atoms with Gasteiger partial charge in [-0.25, -0.2) is 4.79 Å². The Kier molecular flexibility index (Phi) is 12.7. The Morgan fingerprint density at radius 2 is 1.86 bits per heavy atom. The number of carbonyl (C=O) groups is 4. The van der Waals surface area contributed by atoms with E-state index in [1.165, 1.54) is 4.90 Å². The molecule has 1 aromatic carbocycles. The summed E-state index contributed by atoms with van der Waals surface area (Å²) in [5, 5.41) is 5.33. The van der Waals surface area contributed by atoms with E-state index in [1.807, 2.05) is 13.0 Å². The Hall–Kier alpha value is -3.36. The van der Waals surface area contributed by atoms with Gasteiger partial charge in [0.05, 0.1) is 13.0 Å². The van der Waals surface area contributed by atoms with E-state index in [0.29, 0.717) is 18.5 Å². The zero-order valence-corrected chi connectivity index (χ0v) is 22.4. The van der Waals surface area contributed by atoms with Gasteiger partial charge in [-0.15, -0.1) is 0 Å². The van der Waals surface area contributed by atoms with Crippen molar-refractivity contribution in [3.05, 3.63) is 42.0 Å². The third-order valence-electron chi connectivity index (χ3n) is 5.10. The van der Waals surface area contributed by atoms with Gasteiger partial charge in [-0.2, -0.15) is 0 Å². The quantitative estimate of drug-likeness (QED) is 0.394. The van der Waals surface area contributed by atoms with Crippen molar-refractivity contribution in [1.29, 1.82) is 0 Å². The minimum Gasteiger partial charge on any atom is -0.466 e. The Morgan fingerprint density at radius 1 is 1.17 bits per heavy atom. The monoisotopic (exact) mass is 503 g/mol. The molecule has 2 unspecified atom stereocenters. The second-order valence-corrected chi connectivity index (χ2v) is 9.38. The Bertz CT molecular complexity index is 909. The molecule has 36 heavy (non-hydrogen) atoms. The van der Waals surface area contributed by atoms with Crippen molar-refractivity contribution in [2.45, 2.75) is 78.5 Å². The van der Waals surface area contributed by atoms with Crippen LogP contribution in [0.25, 0.3) is 6.08 Å². The van der Waals surface area contributed by atoms with E-state index < -0.39 is 41.6 Å². The zero-order chi connectivity index (χ0) is 27.3. The smallest absolute Gasteiger partial charge is 0.408 e. The first-order chi connectivity index (χ1) is 16.9. The van der Waals surface area contributed by atoms with Gasteiger partial charge in [0, 0.05) is 13.1 Å². The number of carbonyl (C=O) groups excluding carboxylic acids is 4. The average Bonchev–Trinajstić information content (AvgIpc) is 2.80. The van der Waals surface area contributed by atoms with E-state index in [2.05, 4.69) is 17.2 Å². The number of alkyl carbamates (subject to hydrolysis) is 1. The molecule has 0 saturated heterocycles. The highest BCUT2D eigenvalue weighted by atomic mass is 16.6. The van der Waals surface area contributed by atoms with Crippen molar-refractivity contribution >= 4 is 30.0 Å². The molecule has 0 aliphatic rings. The van der Waals surface area contributed by atoms with Gasteiger partial charge < -0.3 is 25.0 Å². The van der Waals surface area contributed by atoms with E-state index in [1.54, 1.807) is 58.9 Å². The molecule has 3 amide bonds. The summed E-state index contributed by atoms with van der Waals surface area (Å²) in [6.45, 7) is 14.9. The maximum Gasteiger partial charge on any atom is 0.408 e. The summed E-state index contributed by atoms with van der Waals surface area (Å²) in [6.07, 6.45) is 2.39. The lowest BCUT2D eigenvalue weighted by Gasteiger charge is -2.33. The molecule has 9 heteroatoms. The van der Waals surface area contributed by atoms with Crippen molar-refractivity contribution < 1.29 is 28.7 Å². The molecule has 1 aromatic rings. The van der Waals surface area contributed by atoms with Crippen LogP contribution in [-0.4, -0.2) is 60.1 Å². The number of nitrogens with zero attached hydrogens (tertiary/aromatic N) is 1. The molecule has 0 fully saturated rings. The van der Waals surface area contributed by atoms with Crippen molar-refractivity contribution in [2.75, 3.05) is 19.7 Å². The first-order valence-electron chi connectivity index (χ1n) is 12.4. The molecule has 9 nitrogen and oxygen atoms in total. The van der Waals surface area contributed by atoms with Gasteiger partial charge in [-0.05, 0) is 58.2 Å². The number of hydrogen-bond acceptors (Lipinski definition) is 6. The molecule has 0 saturated carbocycles. The van der Waals surface area contributed by atoms with Crippen LogP contribution in [-0.2, 0) is 23.9 Å². The highest BCUT2D eigenvalue weighted by Crippen LogP contribution is 2.24. The normalized spacial score (nSPS) is 12.6. The van der Waals surface area contributed by atoms with Crippen LogP contribution in [0, 0.1) is 0 Å². The average molecular weight is 504 g/mol. The van der Waals surface area contributed by atoms with Crippen LogP contribution in [0.5, 0.6) is 0 Å². The van der Waals surface area contributed by atoms with Crippen LogP contribution >= 0.6 is 0 Å². The maximum absolute atomic E-state index is 13.6. The molecule has 0 aliphatic heterocycles. The van der Waals surface area contributed by atoms with Crippen LogP contribution < -0.4 is 10.6 Å². The Morgan fingerprint density at radius 3 is 2.44 bits per heavy atom. The highest BCUT2D eigenvalue weighted by Gasteiger charge is 2.34. The zero-order valence-electron chi connectivity index (χ0n) is 22.4. The van der Waals surface area contributed by atoms with Gasteiger partial charge in [-0.1, -0.05) is 44.2 Å². The summed E-state index contributed by atoms with van der Waals surface area (Å²) in [4.78, 5) is 52.5. The third kappa shape index (κ3) is 10.5. The van der Waals surface area contributed by atoms with Crippen LogP contribution in [0.2, 0.25) is 0 Å². The molecule has 0 spiro atoms. The van der Waals surface area contributed by atoms with E-state index in [-0.39, 0.29) is 19.6 Å². The summed E-state index contributed by atoms with van der Waals surface area (Å²) < 4.78 is 10.2. The highest BCUT2D eigenvalue weighted by molar-refractivity contribution is 5.92. The predicted octanol–water partition coefficient (Wildman–Crippen LogP) is 3.98. The van der Waals surface area contributed by atoms with E-state index in [9.17, 15) is 19.2 Å². The number of unbranched alkanes of at least 4 members (excludes halogenated alkanes) is 1. The number of rotatable bonds is 13. The molecule has 2 atom stereocenters. The predicted molar refractivity (Wildman–Crippen MR) is 139 cm³/mol. The standard InChI is InChI=1S/C27H41N3O6/c1-8-11-17-30(25(33)19(4)29-26(34)36-27(5,6)7)23(21-14-12-13-20(9-2)18-21)24(32)28-16-15-22(31)35-10-3/h9,12-14,18-19,23H,2,8,10-11,15-17H2,1,3-7H3,(H,28,32)(H,29,34). The maximum atomic E-state index is 13.6. The van der Waals surface area contributed by atoms with Gasteiger partial charge in [0.25, 0.3) is 0 Å². The first-order valence-corrected chi connectivity index (χ1v) is 12.4. The third-order valence-corrected chi connectivity index (χ3v) is 5.10. The lowest BCUT2D eigenvalue weighted by atomic mass is 10.00. The molecule has 2 N–H and O–H groups in total. The molecule has 0 radical (unpaired) electrons. The minimum absolute atomic E-state index is 0.0124. The SMILES string of the molecule is C=Cc1cccc(C(C(=O)NCCC(=O)OCC)N(CCCC)C(=O)C(C)NC(=O)OC(C)(C)C)c1. The molecule has 0 aliphatic carbocycles. The summed E-state index contributed by atoms with van der Waals surface area (Å²) >= 11 is 0. The number of esters is 1. The van der Waals surface area contributed by atoms with Gasteiger partial charge in [0.15, 0.2) is 0 Å². The molecular weight excluding hydrogens is 462 g/mol. The van der Waals surface area contributed by atoms with Crippen molar-refractivity contribution in [3.63, 3.8) is 0 Å². The van der Waals surface area contributed by atoms with Gasteiger partial charge in [0.1, 0.15) is 17.7 Å². The van der Waals surface area contributed by atoms with E-state index in [0.717, 1.165) is 12.0 Å². The number of nitrogens with one attached hydrogen (secondary N) is 2. The molecule has 0 bridgehead atoms. The minimum atomic E-state index is -0.978. The number of amides is 3. The molecule has 0 aromatic heterocycles. The van der Waals surface area contributed by atoms with Crippen LogP contribution in [0.15, 0.2) is 30.8 Å². The van der Waals surface area contributed by atoms with Crippen molar-refractivity contribution in [3.8, 4) is 0 Å². The molecule has 1 rings (SSSR count). The Labute approximate surface area is 214 Å². The lowest BCUT2D eigenvalue weighted by molar-refractivity contribution is -0.144. The number of benzene rings is 1. The summed E-state index contributed by atoms with van der Waals surface area (Å²) in [7, 11) is 0. The lowest BCUT2D eigenvalue weighted by Crippen LogP contribution is -2.52. The summed E-state index contributed by atoms with van der Waals surface area (Å²) in [5.41, 5.74) is 0.663. The second kappa shape index (κ2) is 14.9. The van der Waals surface area contributed by atoms with Gasteiger partial charge in [-0.3, -0.25) is 14.4 Å². The summed E-state index contributed by atoms with van der Waals surface area (Å²) in [6, 6.07) is 5.28. The fraction of sp³-hybridized carbons (Fsp3) is 0.556. The van der Waals surface area contributed by atoms with Gasteiger partial charge in [0.2, 0.25) is 11.8 Å². The molecular formula is C27H41N3O6. The molecule has 0 heterocycles. The van der Waals surface area contributed by atoms with Crippen LogP contribution in [0.1, 0.15) is 78.0 Å². The fourth-order valence-electron chi connectivity index (χ4n) is 3.44. The second-order valence-electron chi connectivity index (χ2n) is 9.38. The topological polar surface area (TPSA) is 114 Å². The van der Waals surface area contributed by atoms with E-state index >= 15 is 0 Å². The summed E-state index contributed by atoms with van der Waals surface area (Å²) in [5.74, 6) is -1.28. The van der Waals surface area contributed by atoms with Crippen molar-refractivity contribution in [1.82, 2.24) is 15.5 Å². The van der Waals surface area contributed by atoms with Crippen molar-refractivity contribution in [2.24, 2.45) is 0 Å². The van der Waals surface area contributed by atoms with E-state index in [4.69, 9.17) is 9.47 Å². The van der Waals surface area contributed by atoms with Crippen LogP contribution in [0.3, 0.4) is 0 Å². The largest absolute Gasteiger partial charge is 0.466 e.